The van der Waals surface area contributed by atoms with Crippen LogP contribution in [0.5, 0.6) is 5.75 Å². The highest BCUT2D eigenvalue weighted by Gasteiger charge is 2.21. The summed E-state index contributed by atoms with van der Waals surface area (Å²) in [6.07, 6.45) is 1.96. The summed E-state index contributed by atoms with van der Waals surface area (Å²) in [7, 11) is 1.74. The summed E-state index contributed by atoms with van der Waals surface area (Å²) in [5, 5.41) is 10.7. The van der Waals surface area contributed by atoms with Crippen LogP contribution in [-0.2, 0) is 11.8 Å². The van der Waals surface area contributed by atoms with Crippen LogP contribution in [0.15, 0.2) is 12.1 Å². The quantitative estimate of drug-likeness (QED) is 0.589. The number of ether oxygens (including phenoxy) is 1. The zero-order valence-electron chi connectivity index (χ0n) is 12.5. The van der Waals surface area contributed by atoms with Gasteiger partial charge in [-0.05, 0) is 42.5 Å². The Morgan fingerprint density at radius 1 is 1.32 bits per heavy atom. The molecule has 0 atom stereocenters. The first kappa shape index (κ1) is 15.9. The summed E-state index contributed by atoms with van der Waals surface area (Å²) in [4.78, 5) is 0. The van der Waals surface area contributed by atoms with Crippen molar-refractivity contribution in [3.8, 4) is 11.2 Å². The van der Waals surface area contributed by atoms with Crippen molar-refractivity contribution in [1.82, 2.24) is 0 Å². The third-order valence-electron chi connectivity index (χ3n) is 3.08. The van der Waals surface area contributed by atoms with Gasteiger partial charge in [-0.3, -0.25) is 0 Å². The van der Waals surface area contributed by atoms with Crippen LogP contribution in [0, 0.1) is 17.6 Å². The van der Waals surface area contributed by atoms with Crippen molar-refractivity contribution in [2.24, 2.45) is 0 Å². The molecule has 0 heterocycles. The number of benzene rings is 1. The van der Waals surface area contributed by atoms with Crippen LogP contribution in [0.4, 0.5) is 0 Å². The van der Waals surface area contributed by atoms with Gasteiger partial charge in [-0.15, -0.1) is 0 Å². The zero-order chi connectivity index (χ0) is 14.5. The number of hydrogen-bond acceptors (Lipinski definition) is 3. The lowest BCUT2D eigenvalue weighted by atomic mass is 9.83. The average molecular weight is 277 g/mol. The molecule has 0 radical (unpaired) electrons. The van der Waals surface area contributed by atoms with Crippen LogP contribution in [0.1, 0.15) is 43.9 Å². The second kappa shape index (κ2) is 6.86. The number of nitriles is 1. The van der Waals surface area contributed by atoms with Crippen molar-refractivity contribution in [3.63, 3.8) is 0 Å². The van der Waals surface area contributed by atoms with Crippen molar-refractivity contribution in [2.45, 2.75) is 46.0 Å². The second-order valence-corrected chi connectivity index (χ2v) is 6.68. The van der Waals surface area contributed by atoms with E-state index in [9.17, 15) is 0 Å². The van der Waals surface area contributed by atoms with Gasteiger partial charge in [-0.2, -0.15) is 5.26 Å². The molecule has 1 aromatic carbocycles. The maximum Gasteiger partial charge on any atom is 0.133 e. The molecule has 1 rings (SSSR count). The third kappa shape index (κ3) is 4.47. The van der Waals surface area contributed by atoms with Gasteiger partial charge in [0.1, 0.15) is 11.2 Å². The molecule has 0 N–H and O–H groups in total. The Labute approximate surface area is 121 Å². The van der Waals surface area contributed by atoms with Crippen LogP contribution in [0.2, 0.25) is 0 Å². The van der Waals surface area contributed by atoms with Crippen LogP contribution in [0.25, 0.3) is 0 Å². The number of hydrogen-bond donors (Lipinski definition) is 0. The Morgan fingerprint density at radius 3 is 2.53 bits per heavy atom. The molecule has 104 valence electrons. The second-order valence-electron chi connectivity index (χ2n) is 5.80. The molecule has 0 bridgehead atoms. The molecule has 19 heavy (non-hydrogen) atoms. The fourth-order valence-electron chi connectivity index (χ4n) is 2.21. The van der Waals surface area contributed by atoms with E-state index in [0.717, 1.165) is 24.3 Å². The molecule has 0 aromatic heterocycles. The summed E-state index contributed by atoms with van der Waals surface area (Å²) < 4.78 is 5.64. The molecule has 0 unspecified atom stereocenters. The van der Waals surface area contributed by atoms with Gasteiger partial charge < -0.3 is 4.74 Å². The van der Waals surface area contributed by atoms with Gasteiger partial charge in [0, 0.05) is 11.3 Å². The highest BCUT2D eigenvalue weighted by molar-refractivity contribution is 8.03. The molecule has 2 nitrogen and oxygen atoms in total. The smallest absolute Gasteiger partial charge is 0.133 e. The van der Waals surface area contributed by atoms with Gasteiger partial charge in [0.15, 0.2) is 0 Å². The van der Waals surface area contributed by atoms with Crippen LogP contribution >= 0.6 is 11.8 Å². The SMILES string of the molecule is COc1c(CCCSC#N)cc(C)cc1C(C)(C)C. The molecule has 0 saturated heterocycles. The summed E-state index contributed by atoms with van der Waals surface area (Å²) in [5.74, 6) is 1.89. The molecule has 0 aliphatic heterocycles. The van der Waals surface area contributed by atoms with Gasteiger partial charge >= 0.3 is 0 Å². The van der Waals surface area contributed by atoms with Crippen LogP contribution in [0.3, 0.4) is 0 Å². The number of rotatable bonds is 5. The maximum absolute atomic E-state index is 8.55. The summed E-state index contributed by atoms with van der Waals surface area (Å²) >= 11 is 1.32. The molecular formula is C16H23NOS. The first-order chi connectivity index (χ1) is 8.90. The first-order valence-electron chi connectivity index (χ1n) is 6.59. The molecule has 3 heteroatoms. The number of aryl methyl sites for hydroxylation is 2. The minimum Gasteiger partial charge on any atom is -0.496 e. The van der Waals surface area contributed by atoms with E-state index in [1.54, 1.807) is 7.11 Å². The normalized spacial score (nSPS) is 11.2. The number of thiocyanates is 1. The van der Waals surface area contributed by atoms with Crippen molar-refractivity contribution in [3.05, 3.63) is 28.8 Å². The van der Waals surface area contributed by atoms with Crippen molar-refractivity contribution >= 4 is 11.8 Å². The van der Waals surface area contributed by atoms with E-state index < -0.39 is 0 Å². The predicted octanol–water partition coefficient (Wildman–Crippen LogP) is 4.45. The van der Waals surface area contributed by atoms with Gasteiger partial charge in [-0.25, -0.2) is 0 Å². The Bertz CT molecular complexity index is 469. The van der Waals surface area contributed by atoms with E-state index in [2.05, 4.69) is 45.2 Å². The maximum atomic E-state index is 8.55. The molecule has 0 saturated carbocycles. The molecule has 0 spiro atoms. The fourth-order valence-corrected chi connectivity index (χ4v) is 2.59. The van der Waals surface area contributed by atoms with Crippen molar-refractivity contribution < 1.29 is 4.74 Å². The Kier molecular flexibility index (Phi) is 5.75. The standard InChI is InChI=1S/C16H23NOS/c1-12-9-13(7-6-8-19-11-17)15(18-5)14(10-12)16(2,3)4/h9-10H,6-8H2,1-5H3. The summed E-state index contributed by atoms with van der Waals surface area (Å²) in [6.45, 7) is 8.75. The lowest BCUT2D eigenvalue weighted by Gasteiger charge is -2.25. The molecule has 0 aliphatic rings. The van der Waals surface area contributed by atoms with Gasteiger partial charge in [0.2, 0.25) is 0 Å². The Hall–Kier alpha value is -1.14. The summed E-state index contributed by atoms with van der Waals surface area (Å²) in [6, 6.07) is 4.41. The third-order valence-corrected chi connectivity index (χ3v) is 3.70. The van der Waals surface area contributed by atoms with Gasteiger partial charge in [-0.1, -0.05) is 38.5 Å². The first-order valence-corrected chi connectivity index (χ1v) is 7.57. The number of thioether (sulfide) groups is 1. The van der Waals surface area contributed by atoms with Crippen molar-refractivity contribution in [1.29, 1.82) is 5.26 Å². The molecular weight excluding hydrogens is 254 g/mol. The van der Waals surface area contributed by atoms with Crippen LogP contribution in [-0.4, -0.2) is 12.9 Å². The minimum atomic E-state index is 0.0769. The fraction of sp³-hybridized carbons (Fsp3) is 0.562. The molecule has 0 fully saturated rings. The minimum absolute atomic E-state index is 0.0769. The largest absolute Gasteiger partial charge is 0.496 e. The van der Waals surface area contributed by atoms with Gasteiger partial charge in [0.25, 0.3) is 0 Å². The van der Waals surface area contributed by atoms with Gasteiger partial charge in [0.05, 0.1) is 7.11 Å². The average Bonchev–Trinajstić information content (AvgIpc) is 2.33. The lowest BCUT2D eigenvalue weighted by molar-refractivity contribution is 0.392. The topological polar surface area (TPSA) is 33.0 Å². The molecule has 1 aromatic rings. The highest BCUT2D eigenvalue weighted by Crippen LogP contribution is 2.35. The Balaban J connectivity index is 3.03. The van der Waals surface area contributed by atoms with Crippen LogP contribution < -0.4 is 4.74 Å². The summed E-state index contributed by atoms with van der Waals surface area (Å²) in [5.41, 5.74) is 3.87. The zero-order valence-corrected chi connectivity index (χ0v) is 13.4. The van der Waals surface area contributed by atoms with E-state index >= 15 is 0 Å². The van der Waals surface area contributed by atoms with E-state index in [-0.39, 0.29) is 5.41 Å². The van der Waals surface area contributed by atoms with E-state index in [0.29, 0.717) is 0 Å². The van der Waals surface area contributed by atoms with E-state index in [1.807, 2.05) is 0 Å². The predicted molar refractivity (Wildman–Crippen MR) is 82.8 cm³/mol. The monoisotopic (exact) mass is 277 g/mol. The molecule has 0 amide bonds. The van der Waals surface area contributed by atoms with Crippen molar-refractivity contribution in [2.75, 3.05) is 12.9 Å². The lowest BCUT2D eigenvalue weighted by Crippen LogP contribution is -2.14. The number of nitrogens with zero attached hydrogens (tertiary/aromatic N) is 1. The number of methoxy groups -OCH3 is 1. The van der Waals surface area contributed by atoms with E-state index in [4.69, 9.17) is 10.00 Å². The van der Waals surface area contributed by atoms with E-state index in [1.165, 1.54) is 28.5 Å². The highest BCUT2D eigenvalue weighted by atomic mass is 32.2. The Morgan fingerprint density at radius 2 is 2.00 bits per heavy atom. The molecule has 0 aliphatic carbocycles.